The topological polar surface area (TPSA) is 64.6 Å². The van der Waals surface area contributed by atoms with E-state index in [0.29, 0.717) is 36.3 Å². The first-order valence-electron chi connectivity index (χ1n) is 11.6. The summed E-state index contributed by atoms with van der Waals surface area (Å²) in [6, 6.07) is 15.8. The molecule has 0 unspecified atom stereocenters. The van der Waals surface area contributed by atoms with Gasteiger partial charge in [0.05, 0.1) is 23.8 Å². The highest BCUT2D eigenvalue weighted by Gasteiger charge is 2.41. The largest absolute Gasteiger partial charge is 0.496 e. The second-order valence-corrected chi connectivity index (χ2v) is 10.2. The zero-order chi connectivity index (χ0) is 24.4. The van der Waals surface area contributed by atoms with E-state index in [4.69, 9.17) is 9.47 Å². The molecule has 0 radical (unpaired) electrons. The fourth-order valence-electron chi connectivity index (χ4n) is 4.79. The van der Waals surface area contributed by atoms with Crippen molar-refractivity contribution in [2.75, 3.05) is 13.7 Å². The summed E-state index contributed by atoms with van der Waals surface area (Å²) in [4.78, 5) is 26.9. The Hall–Kier alpha value is -2.86. The first-order valence-corrected chi connectivity index (χ1v) is 12.4. The summed E-state index contributed by atoms with van der Waals surface area (Å²) in [6.45, 7) is 6.21. The van der Waals surface area contributed by atoms with Crippen LogP contribution in [0.4, 0.5) is 0 Å². The van der Waals surface area contributed by atoms with Crippen LogP contribution in [0, 0.1) is 5.92 Å². The molecule has 2 aromatic carbocycles. The summed E-state index contributed by atoms with van der Waals surface area (Å²) in [7, 11) is 1.61. The third-order valence-corrected chi connectivity index (χ3v) is 7.00. The monoisotopic (exact) mass is 523 g/mol. The number of carbonyl (C=O) groups is 2. The van der Waals surface area contributed by atoms with E-state index in [-0.39, 0.29) is 23.6 Å². The van der Waals surface area contributed by atoms with Gasteiger partial charge in [-0.15, -0.1) is 0 Å². The Labute approximate surface area is 209 Å². The van der Waals surface area contributed by atoms with Crippen molar-refractivity contribution in [3.8, 4) is 5.75 Å². The lowest BCUT2D eigenvalue weighted by molar-refractivity contribution is -0.140. The second kappa shape index (κ2) is 10.2. The van der Waals surface area contributed by atoms with Crippen LogP contribution < -0.4 is 10.1 Å². The third-order valence-electron chi connectivity index (χ3n) is 6.38. The van der Waals surface area contributed by atoms with Crippen molar-refractivity contribution in [2.45, 2.75) is 45.4 Å². The molecule has 0 bridgehead atoms. The van der Waals surface area contributed by atoms with Gasteiger partial charge in [-0.25, -0.2) is 4.79 Å². The van der Waals surface area contributed by atoms with Crippen molar-refractivity contribution in [3.05, 3.63) is 86.7 Å². The van der Waals surface area contributed by atoms with Crippen LogP contribution in [0.5, 0.6) is 5.75 Å². The maximum atomic E-state index is 13.6. The Morgan fingerprint density at radius 2 is 1.85 bits per heavy atom. The smallest absolute Gasteiger partial charge is 0.336 e. The zero-order valence-electron chi connectivity index (χ0n) is 20.0. The van der Waals surface area contributed by atoms with Crippen molar-refractivity contribution < 1.29 is 19.1 Å². The van der Waals surface area contributed by atoms with Gasteiger partial charge in [0.1, 0.15) is 5.75 Å². The van der Waals surface area contributed by atoms with E-state index in [9.17, 15) is 9.59 Å². The van der Waals surface area contributed by atoms with Gasteiger partial charge in [0.25, 0.3) is 0 Å². The number of carbonyl (C=O) groups excluding carboxylic acids is 2. The minimum absolute atomic E-state index is 0.0567. The van der Waals surface area contributed by atoms with Crippen LogP contribution >= 0.6 is 15.9 Å². The van der Waals surface area contributed by atoms with Crippen molar-refractivity contribution in [1.82, 2.24) is 5.32 Å². The van der Waals surface area contributed by atoms with Crippen molar-refractivity contribution in [3.63, 3.8) is 0 Å². The number of allylic oxidation sites excluding steroid dienone is 3. The fourth-order valence-corrected chi connectivity index (χ4v) is 5.34. The molecule has 2 aliphatic rings. The fraction of sp³-hybridized carbons (Fsp3) is 0.357. The molecule has 0 saturated heterocycles. The summed E-state index contributed by atoms with van der Waals surface area (Å²) in [6.07, 6.45) is 1.12. The molecule has 4 rings (SSSR count). The van der Waals surface area contributed by atoms with Crippen LogP contribution in [-0.4, -0.2) is 25.5 Å². The zero-order valence-corrected chi connectivity index (χ0v) is 21.6. The summed E-state index contributed by atoms with van der Waals surface area (Å²) in [5.41, 5.74) is 4.76. The van der Waals surface area contributed by atoms with E-state index in [1.165, 1.54) is 0 Å². The van der Waals surface area contributed by atoms with Gasteiger partial charge < -0.3 is 14.8 Å². The predicted octanol–water partition coefficient (Wildman–Crippen LogP) is 6.02. The minimum Gasteiger partial charge on any atom is -0.496 e. The van der Waals surface area contributed by atoms with Gasteiger partial charge in [-0.2, -0.15) is 0 Å². The van der Waals surface area contributed by atoms with Crippen LogP contribution in [0.3, 0.4) is 0 Å². The van der Waals surface area contributed by atoms with Crippen LogP contribution in [0.15, 0.2) is 75.5 Å². The Morgan fingerprint density at radius 3 is 2.50 bits per heavy atom. The first-order chi connectivity index (χ1) is 16.3. The Morgan fingerprint density at radius 1 is 1.12 bits per heavy atom. The Balaban J connectivity index is 1.79. The lowest BCUT2D eigenvalue weighted by Gasteiger charge is -2.37. The van der Waals surface area contributed by atoms with E-state index in [2.05, 4.69) is 33.4 Å². The molecule has 1 heterocycles. The normalized spacial score (nSPS) is 20.2. The SMILES string of the molecule is COc1ccc([C@@H]2C(C(=O)OCC(C)C)=C(C)NC3=C2C(=O)C[C@@H](c2ccccc2)C3)cc1Br. The molecule has 1 aliphatic heterocycles. The van der Waals surface area contributed by atoms with Crippen molar-refractivity contribution in [2.24, 2.45) is 5.92 Å². The highest BCUT2D eigenvalue weighted by Crippen LogP contribution is 2.46. The molecule has 1 N–H and O–H groups in total. The highest BCUT2D eigenvalue weighted by molar-refractivity contribution is 9.10. The lowest BCUT2D eigenvalue weighted by Crippen LogP contribution is -2.36. The maximum absolute atomic E-state index is 13.6. The van der Waals surface area contributed by atoms with Crippen LogP contribution in [0.1, 0.15) is 56.6 Å². The maximum Gasteiger partial charge on any atom is 0.336 e. The molecule has 0 spiro atoms. The minimum atomic E-state index is -0.498. The number of hydrogen-bond acceptors (Lipinski definition) is 5. The van der Waals surface area contributed by atoms with Crippen molar-refractivity contribution in [1.29, 1.82) is 0 Å². The molecular formula is C28H30BrNO4. The molecular weight excluding hydrogens is 494 g/mol. The van der Waals surface area contributed by atoms with E-state index >= 15 is 0 Å². The van der Waals surface area contributed by atoms with Gasteiger partial charge >= 0.3 is 5.97 Å². The molecule has 0 aromatic heterocycles. The number of methoxy groups -OCH3 is 1. The van der Waals surface area contributed by atoms with Gasteiger partial charge in [-0.05, 0) is 64.4 Å². The lowest BCUT2D eigenvalue weighted by atomic mass is 9.71. The molecule has 34 heavy (non-hydrogen) atoms. The van der Waals surface area contributed by atoms with E-state index in [1.54, 1.807) is 7.11 Å². The summed E-state index contributed by atoms with van der Waals surface area (Å²) in [5.74, 6) is 0.178. The Kier molecular flexibility index (Phi) is 7.27. The quantitative estimate of drug-likeness (QED) is 0.469. The number of dihydropyridines is 1. The van der Waals surface area contributed by atoms with Crippen molar-refractivity contribution >= 4 is 27.7 Å². The average Bonchev–Trinajstić information content (AvgIpc) is 2.82. The van der Waals surface area contributed by atoms with Crippen LogP contribution in [0.2, 0.25) is 0 Å². The van der Waals surface area contributed by atoms with E-state index in [1.807, 2.05) is 57.2 Å². The van der Waals surface area contributed by atoms with Gasteiger partial charge in [0, 0.05) is 29.3 Å². The average molecular weight is 524 g/mol. The van der Waals surface area contributed by atoms with Gasteiger partial charge in [-0.1, -0.05) is 50.2 Å². The molecule has 0 fully saturated rings. The highest BCUT2D eigenvalue weighted by atomic mass is 79.9. The Bertz CT molecular complexity index is 1170. The number of benzene rings is 2. The second-order valence-electron chi connectivity index (χ2n) is 9.31. The number of nitrogens with one attached hydrogen (secondary N) is 1. The first kappa shape index (κ1) is 24.3. The van der Waals surface area contributed by atoms with E-state index < -0.39 is 5.92 Å². The summed E-state index contributed by atoms with van der Waals surface area (Å²) >= 11 is 3.57. The number of halogens is 1. The molecule has 0 amide bonds. The van der Waals surface area contributed by atoms with Gasteiger partial charge in [-0.3, -0.25) is 4.79 Å². The molecule has 0 saturated carbocycles. The molecule has 2 aromatic rings. The number of ketones is 1. The van der Waals surface area contributed by atoms with E-state index in [0.717, 1.165) is 27.0 Å². The van der Waals surface area contributed by atoms with Crippen LogP contribution in [-0.2, 0) is 14.3 Å². The molecule has 6 heteroatoms. The van der Waals surface area contributed by atoms with Gasteiger partial charge in [0.15, 0.2) is 5.78 Å². The molecule has 5 nitrogen and oxygen atoms in total. The number of esters is 1. The number of rotatable bonds is 6. The predicted molar refractivity (Wildman–Crippen MR) is 136 cm³/mol. The third kappa shape index (κ3) is 4.83. The number of Topliss-reactive ketones (excluding diaryl/α,β-unsaturated/α-hetero) is 1. The van der Waals surface area contributed by atoms with Gasteiger partial charge in [0.2, 0.25) is 0 Å². The summed E-state index contributed by atoms with van der Waals surface area (Å²) < 4.78 is 11.8. The summed E-state index contributed by atoms with van der Waals surface area (Å²) in [5, 5.41) is 3.41. The number of hydrogen-bond donors (Lipinski definition) is 1. The standard InChI is InChI=1S/C28H30BrNO4/c1-16(2)15-34-28(32)25-17(3)30-22-13-20(18-8-6-5-7-9-18)14-23(31)27(22)26(25)19-10-11-24(33-4)21(29)12-19/h5-12,16,20,26,30H,13-15H2,1-4H3/t20-,26+/m0/s1. The number of ether oxygens (including phenoxy) is 2. The molecule has 2 atom stereocenters. The van der Waals surface area contributed by atoms with Crippen LogP contribution in [0.25, 0.3) is 0 Å². The molecule has 178 valence electrons. The molecule has 1 aliphatic carbocycles.